The van der Waals surface area contributed by atoms with E-state index in [0.29, 0.717) is 38.9 Å². The van der Waals surface area contributed by atoms with Crippen LogP contribution in [0.4, 0.5) is 0 Å². The maximum Gasteiger partial charge on any atom is 1.00 e. The molecule has 0 heterocycles. The second-order valence-corrected chi connectivity index (χ2v) is 16.1. The van der Waals surface area contributed by atoms with Crippen LogP contribution in [-0.2, 0) is 48.2 Å². The summed E-state index contributed by atoms with van der Waals surface area (Å²) in [6.45, 7) is 13.7. The molecule has 0 rings (SSSR count). The quantitative estimate of drug-likeness (QED) is 0.0210. The molecule has 320 valence electrons. The third-order valence-corrected chi connectivity index (χ3v) is 10.6. The Balaban J connectivity index is -0.000000968. The van der Waals surface area contributed by atoms with Crippen LogP contribution >= 0.6 is 0 Å². The number of carbonyl (C=O) groups excluding carboxylic acids is 4. The first-order valence-corrected chi connectivity index (χ1v) is 22.9. The van der Waals surface area contributed by atoms with Gasteiger partial charge in [0.2, 0.25) is 0 Å². The van der Waals surface area contributed by atoms with E-state index in [1.54, 1.807) is 0 Å². The average Bonchev–Trinajstić information content (AvgIpc) is 3.14. The van der Waals surface area contributed by atoms with E-state index in [9.17, 15) is 32.1 Å². The molecular formula is C42H79NaO11S. The molecule has 0 saturated carbocycles. The van der Waals surface area contributed by atoms with Crippen LogP contribution in [0.1, 0.15) is 202 Å². The van der Waals surface area contributed by atoms with E-state index in [1.165, 1.54) is 51.4 Å². The minimum atomic E-state index is -5.01. The predicted octanol–water partition coefficient (Wildman–Crippen LogP) is 7.17. The Morgan fingerprint density at radius 1 is 0.491 bits per heavy atom. The molecule has 0 amide bonds. The summed E-state index contributed by atoms with van der Waals surface area (Å²) in [5.41, 5.74) is 0. The van der Waals surface area contributed by atoms with Crippen LogP contribution < -0.4 is 29.6 Å². The van der Waals surface area contributed by atoms with Crippen molar-refractivity contribution in [2.24, 2.45) is 11.8 Å². The van der Waals surface area contributed by atoms with Gasteiger partial charge in [-0.3, -0.25) is 19.2 Å². The Labute approximate surface area is 358 Å². The average molecular weight is 815 g/mol. The van der Waals surface area contributed by atoms with E-state index in [4.69, 9.17) is 18.9 Å². The van der Waals surface area contributed by atoms with Gasteiger partial charge in [0.1, 0.15) is 10.1 Å². The maximum absolute atomic E-state index is 12.1. The molecule has 0 aliphatic rings. The molecule has 0 radical (unpaired) electrons. The normalized spacial score (nSPS) is 12.6. The van der Waals surface area contributed by atoms with E-state index in [-0.39, 0.29) is 66.5 Å². The molecular weight excluding hydrogens is 736 g/mol. The van der Waals surface area contributed by atoms with Crippen molar-refractivity contribution in [3.8, 4) is 0 Å². The van der Waals surface area contributed by atoms with Crippen molar-refractivity contribution in [1.82, 2.24) is 0 Å². The molecule has 11 nitrogen and oxygen atoms in total. The fourth-order valence-electron chi connectivity index (χ4n) is 5.63. The van der Waals surface area contributed by atoms with E-state index < -0.39 is 33.7 Å². The molecule has 0 aromatic heterocycles. The predicted molar refractivity (Wildman–Crippen MR) is 214 cm³/mol. The first kappa shape index (κ1) is 58.1. The molecule has 13 heteroatoms. The molecule has 0 aromatic carbocycles. The van der Waals surface area contributed by atoms with Crippen LogP contribution in [0, 0.1) is 11.8 Å². The summed E-state index contributed by atoms with van der Waals surface area (Å²) in [5.74, 6) is -2.02. The number of carbonyl (C=O) groups is 4. The van der Waals surface area contributed by atoms with Gasteiger partial charge in [-0.05, 0) is 50.4 Å². The van der Waals surface area contributed by atoms with Gasteiger partial charge < -0.3 is 23.5 Å². The summed E-state index contributed by atoms with van der Waals surface area (Å²) in [7, 11) is -5.01. The van der Waals surface area contributed by atoms with Gasteiger partial charge in [-0.1, -0.05) is 144 Å². The molecule has 0 bridgehead atoms. The molecule has 0 saturated heterocycles. The van der Waals surface area contributed by atoms with Gasteiger partial charge in [-0.15, -0.1) is 0 Å². The molecule has 0 spiro atoms. The largest absolute Gasteiger partial charge is 1.00 e. The van der Waals surface area contributed by atoms with Crippen LogP contribution in [0.25, 0.3) is 0 Å². The SMILES string of the molecule is CCCCC(CC)COC(=O)CC(C(=O)OCC(CC)CCCC)S(=O)(=O)[O-].CCCCCCCCOC(=O)CCCCC(=O)OCCCCCCCC.[Na+]. The standard InChI is InChI=1S/C22H42O4.C20H38O7S.Na/c1-3-5-7-9-11-15-19-25-21(23)17-13-14-18-22(24)26-20-16-12-10-8-6-4-2;1-5-9-11-16(7-3)14-26-19(21)13-18(28(23,24)25)20(22)27-15-17(8-4)12-10-6-2;/h3-20H2,1-2H3;16-18H,5-15H2,1-4H3,(H,23,24,25);/q;;+1/p-1. The molecule has 0 N–H and O–H groups in total. The van der Waals surface area contributed by atoms with Crippen LogP contribution in [0.15, 0.2) is 0 Å². The molecule has 3 unspecified atom stereocenters. The van der Waals surface area contributed by atoms with E-state index in [0.717, 1.165) is 77.0 Å². The summed E-state index contributed by atoms with van der Waals surface area (Å²) in [6.07, 6.45) is 23.1. The number of esters is 4. The van der Waals surface area contributed by atoms with E-state index in [2.05, 4.69) is 27.7 Å². The number of hydrogen-bond acceptors (Lipinski definition) is 11. The van der Waals surface area contributed by atoms with Crippen LogP contribution in [0.3, 0.4) is 0 Å². The minimum absolute atomic E-state index is 0. The second kappa shape index (κ2) is 41.0. The second-order valence-electron chi connectivity index (χ2n) is 14.5. The monoisotopic (exact) mass is 815 g/mol. The summed E-state index contributed by atoms with van der Waals surface area (Å²) < 4.78 is 55.0. The van der Waals surface area contributed by atoms with E-state index in [1.807, 2.05) is 13.8 Å². The third-order valence-electron chi connectivity index (χ3n) is 9.52. The van der Waals surface area contributed by atoms with Gasteiger partial charge in [0.15, 0.2) is 5.25 Å². The minimum Gasteiger partial charge on any atom is -0.747 e. The molecule has 3 atom stereocenters. The van der Waals surface area contributed by atoms with E-state index >= 15 is 0 Å². The van der Waals surface area contributed by atoms with Gasteiger partial charge in [0.25, 0.3) is 0 Å². The Morgan fingerprint density at radius 3 is 1.25 bits per heavy atom. The zero-order valence-electron chi connectivity index (χ0n) is 36.1. The Morgan fingerprint density at radius 2 is 0.873 bits per heavy atom. The van der Waals surface area contributed by atoms with Crippen LogP contribution in [0.5, 0.6) is 0 Å². The molecule has 0 aromatic rings. The van der Waals surface area contributed by atoms with Crippen molar-refractivity contribution in [2.45, 2.75) is 207 Å². The first-order chi connectivity index (χ1) is 25.9. The molecule has 55 heavy (non-hydrogen) atoms. The van der Waals surface area contributed by atoms with Crippen LogP contribution in [0.2, 0.25) is 0 Å². The molecule has 0 aliphatic heterocycles. The fraction of sp³-hybridized carbons (Fsp3) is 0.905. The fourth-order valence-corrected chi connectivity index (χ4v) is 6.28. The smallest absolute Gasteiger partial charge is 0.747 e. The summed E-state index contributed by atoms with van der Waals surface area (Å²) in [4.78, 5) is 47.4. The number of hydrogen-bond donors (Lipinski definition) is 0. The Bertz CT molecular complexity index is 1010. The zero-order chi connectivity index (χ0) is 40.9. The van der Waals surface area contributed by atoms with Gasteiger partial charge >= 0.3 is 53.4 Å². The summed E-state index contributed by atoms with van der Waals surface area (Å²) in [5, 5.41) is -2.06. The van der Waals surface area contributed by atoms with Crippen molar-refractivity contribution >= 4 is 34.0 Å². The van der Waals surface area contributed by atoms with Gasteiger partial charge in [0.05, 0.1) is 32.8 Å². The number of ether oxygens (including phenoxy) is 4. The number of unbranched alkanes of at least 4 members (excludes halogenated alkanes) is 13. The summed E-state index contributed by atoms with van der Waals surface area (Å²) >= 11 is 0. The van der Waals surface area contributed by atoms with Crippen molar-refractivity contribution in [3.63, 3.8) is 0 Å². The Kier molecular flexibility index (Phi) is 43.3. The first-order valence-electron chi connectivity index (χ1n) is 21.5. The van der Waals surface area contributed by atoms with Crippen molar-refractivity contribution in [3.05, 3.63) is 0 Å². The molecule has 0 aliphatic carbocycles. The molecule has 0 fully saturated rings. The van der Waals surface area contributed by atoms with Crippen molar-refractivity contribution in [2.75, 3.05) is 26.4 Å². The maximum atomic E-state index is 12.1. The number of rotatable bonds is 35. The van der Waals surface area contributed by atoms with Crippen molar-refractivity contribution < 1.29 is 80.7 Å². The zero-order valence-corrected chi connectivity index (χ0v) is 39.0. The van der Waals surface area contributed by atoms with Gasteiger partial charge in [-0.25, -0.2) is 8.42 Å². The third kappa shape index (κ3) is 38.1. The van der Waals surface area contributed by atoms with Gasteiger partial charge in [-0.2, -0.15) is 0 Å². The summed E-state index contributed by atoms with van der Waals surface area (Å²) in [6, 6.07) is 0. The van der Waals surface area contributed by atoms with Crippen molar-refractivity contribution in [1.29, 1.82) is 0 Å². The van der Waals surface area contributed by atoms with Gasteiger partial charge in [0, 0.05) is 12.8 Å². The topological polar surface area (TPSA) is 162 Å². The van der Waals surface area contributed by atoms with Crippen LogP contribution in [-0.4, -0.2) is 68.5 Å². The Hall–Kier alpha value is -1.21.